The molecule has 19 heavy (non-hydrogen) atoms. The Labute approximate surface area is 115 Å². The monoisotopic (exact) mass is 267 g/mol. The highest BCUT2D eigenvalue weighted by molar-refractivity contribution is 5.83. The Morgan fingerprint density at radius 1 is 1.11 bits per heavy atom. The first-order valence-corrected chi connectivity index (χ1v) is 7.23. The first kappa shape index (κ1) is 14.3. The van der Waals surface area contributed by atoms with Crippen molar-refractivity contribution in [2.24, 2.45) is 11.3 Å². The molecule has 2 rings (SSSR count). The maximum Gasteiger partial charge on any atom is 0.229 e. The van der Waals surface area contributed by atoms with E-state index in [0.717, 1.165) is 19.5 Å². The minimum absolute atomic E-state index is 0.0406. The fourth-order valence-corrected chi connectivity index (χ4v) is 2.88. The lowest BCUT2D eigenvalue weighted by Gasteiger charge is -2.38. The van der Waals surface area contributed by atoms with Crippen molar-refractivity contribution >= 4 is 11.8 Å². The summed E-state index contributed by atoms with van der Waals surface area (Å²) >= 11 is 0. The molecule has 0 bridgehead atoms. The average molecular weight is 267 g/mol. The quantitative estimate of drug-likeness (QED) is 0.783. The van der Waals surface area contributed by atoms with Gasteiger partial charge in [-0.1, -0.05) is 13.8 Å². The van der Waals surface area contributed by atoms with Gasteiger partial charge in [0.1, 0.15) is 0 Å². The van der Waals surface area contributed by atoms with E-state index in [0.29, 0.717) is 26.2 Å². The average Bonchev–Trinajstić information content (AvgIpc) is 2.85. The van der Waals surface area contributed by atoms with Crippen LogP contribution in [-0.4, -0.2) is 60.9 Å². The van der Waals surface area contributed by atoms with Gasteiger partial charge in [-0.15, -0.1) is 0 Å². The SMILES string of the molecule is CC(C)C(=O)N1CCN(C(=O)C2(C)CCNC2)CC1. The molecule has 1 unspecified atom stereocenters. The van der Waals surface area contributed by atoms with Gasteiger partial charge in [-0.25, -0.2) is 0 Å². The van der Waals surface area contributed by atoms with Crippen molar-refractivity contribution in [2.45, 2.75) is 27.2 Å². The molecule has 0 aromatic rings. The molecule has 0 radical (unpaired) electrons. The van der Waals surface area contributed by atoms with Crippen molar-refractivity contribution in [1.82, 2.24) is 15.1 Å². The van der Waals surface area contributed by atoms with Gasteiger partial charge in [0.15, 0.2) is 0 Å². The Morgan fingerprint density at radius 3 is 2.16 bits per heavy atom. The molecule has 0 aromatic heterocycles. The predicted molar refractivity (Wildman–Crippen MR) is 73.6 cm³/mol. The zero-order chi connectivity index (χ0) is 14.0. The molecule has 2 saturated heterocycles. The highest BCUT2D eigenvalue weighted by Crippen LogP contribution is 2.27. The van der Waals surface area contributed by atoms with Gasteiger partial charge >= 0.3 is 0 Å². The van der Waals surface area contributed by atoms with E-state index >= 15 is 0 Å². The van der Waals surface area contributed by atoms with Gasteiger partial charge in [0.05, 0.1) is 5.41 Å². The maximum atomic E-state index is 12.5. The van der Waals surface area contributed by atoms with E-state index in [1.807, 2.05) is 30.6 Å². The highest BCUT2D eigenvalue weighted by atomic mass is 16.2. The van der Waals surface area contributed by atoms with Crippen LogP contribution in [0.1, 0.15) is 27.2 Å². The maximum absolute atomic E-state index is 12.5. The van der Waals surface area contributed by atoms with Gasteiger partial charge in [-0.2, -0.15) is 0 Å². The Hall–Kier alpha value is -1.10. The third-order valence-corrected chi connectivity index (χ3v) is 4.26. The van der Waals surface area contributed by atoms with Crippen LogP contribution in [0.4, 0.5) is 0 Å². The van der Waals surface area contributed by atoms with Crippen LogP contribution in [0.25, 0.3) is 0 Å². The normalized spacial score (nSPS) is 28.0. The molecule has 1 N–H and O–H groups in total. The van der Waals surface area contributed by atoms with E-state index in [4.69, 9.17) is 0 Å². The standard InChI is InChI=1S/C14H25N3O2/c1-11(2)12(18)16-6-8-17(9-7-16)13(19)14(3)4-5-15-10-14/h11,15H,4-10H2,1-3H3. The van der Waals surface area contributed by atoms with E-state index in [-0.39, 0.29) is 23.1 Å². The summed E-state index contributed by atoms with van der Waals surface area (Å²) in [6.07, 6.45) is 0.914. The Bertz CT molecular complexity index is 354. The van der Waals surface area contributed by atoms with Crippen LogP contribution in [0.2, 0.25) is 0 Å². The van der Waals surface area contributed by atoms with Crippen molar-refractivity contribution in [1.29, 1.82) is 0 Å². The smallest absolute Gasteiger partial charge is 0.229 e. The van der Waals surface area contributed by atoms with E-state index < -0.39 is 0 Å². The zero-order valence-corrected chi connectivity index (χ0v) is 12.2. The summed E-state index contributed by atoms with van der Waals surface area (Å²) in [5, 5.41) is 3.26. The number of carbonyl (C=O) groups is 2. The number of carbonyl (C=O) groups excluding carboxylic acids is 2. The molecule has 0 spiro atoms. The molecule has 2 heterocycles. The van der Waals surface area contributed by atoms with E-state index in [1.165, 1.54) is 0 Å². The van der Waals surface area contributed by atoms with Crippen LogP contribution in [-0.2, 0) is 9.59 Å². The molecular weight excluding hydrogens is 242 g/mol. The van der Waals surface area contributed by atoms with Gasteiger partial charge < -0.3 is 15.1 Å². The topological polar surface area (TPSA) is 52.7 Å². The summed E-state index contributed by atoms with van der Waals surface area (Å²) in [5.74, 6) is 0.480. The van der Waals surface area contributed by atoms with Crippen LogP contribution < -0.4 is 5.32 Å². The number of hydrogen-bond acceptors (Lipinski definition) is 3. The van der Waals surface area contributed by atoms with E-state index in [2.05, 4.69) is 5.32 Å². The van der Waals surface area contributed by atoms with Crippen LogP contribution in [0.15, 0.2) is 0 Å². The van der Waals surface area contributed by atoms with Crippen LogP contribution in [0, 0.1) is 11.3 Å². The molecule has 0 saturated carbocycles. The molecule has 108 valence electrons. The first-order valence-electron chi connectivity index (χ1n) is 7.23. The van der Waals surface area contributed by atoms with Crippen molar-refractivity contribution < 1.29 is 9.59 Å². The van der Waals surface area contributed by atoms with Crippen molar-refractivity contribution in [3.63, 3.8) is 0 Å². The van der Waals surface area contributed by atoms with E-state index in [9.17, 15) is 9.59 Å². The van der Waals surface area contributed by atoms with Crippen molar-refractivity contribution in [3.8, 4) is 0 Å². The fourth-order valence-electron chi connectivity index (χ4n) is 2.88. The molecule has 5 heteroatoms. The van der Waals surface area contributed by atoms with Gasteiger partial charge in [0, 0.05) is 38.6 Å². The summed E-state index contributed by atoms with van der Waals surface area (Å²) in [6.45, 7) is 10.3. The summed E-state index contributed by atoms with van der Waals surface area (Å²) in [5.41, 5.74) is -0.246. The Kier molecular flexibility index (Phi) is 4.13. The molecule has 5 nitrogen and oxygen atoms in total. The Balaban J connectivity index is 1.89. The largest absolute Gasteiger partial charge is 0.339 e. The molecule has 1 atom stereocenters. The highest BCUT2D eigenvalue weighted by Gasteiger charge is 2.40. The van der Waals surface area contributed by atoms with Crippen LogP contribution >= 0.6 is 0 Å². The zero-order valence-electron chi connectivity index (χ0n) is 12.2. The third kappa shape index (κ3) is 2.91. The predicted octanol–water partition coefficient (Wildman–Crippen LogP) is 0.313. The third-order valence-electron chi connectivity index (χ3n) is 4.26. The summed E-state index contributed by atoms with van der Waals surface area (Å²) in [4.78, 5) is 28.2. The Morgan fingerprint density at radius 2 is 1.68 bits per heavy atom. The van der Waals surface area contributed by atoms with Gasteiger partial charge in [0.25, 0.3) is 0 Å². The summed E-state index contributed by atoms with van der Waals surface area (Å²) in [6, 6.07) is 0. The number of nitrogens with one attached hydrogen (secondary N) is 1. The second-order valence-corrected chi connectivity index (χ2v) is 6.26. The fraction of sp³-hybridized carbons (Fsp3) is 0.857. The number of amides is 2. The molecule has 2 amide bonds. The second kappa shape index (κ2) is 5.49. The van der Waals surface area contributed by atoms with Crippen molar-refractivity contribution in [3.05, 3.63) is 0 Å². The summed E-state index contributed by atoms with van der Waals surface area (Å²) < 4.78 is 0. The van der Waals surface area contributed by atoms with Crippen LogP contribution in [0.5, 0.6) is 0 Å². The molecule has 2 fully saturated rings. The molecule has 0 aliphatic carbocycles. The van der Waals surface area contributed by atoms with Gasteiger partial charge in [-0.05, 0) is 19.9 Å². The van der Waals surface area contributed by atoms with Crippen LogP contribution in [0.3, 0.4) is 0 Å². The summed E-state index contributed by atoms with van der Waals surface area (Å²) in [7, 11) is 0. The molecule has 2 aliphatic rings. The molecule has 2 aliphatic heterocycles. The molecule has 0 aromatic carbocycles. The second-order valence-electron chi connectivity index (χ2n) is 6.26. The van der Waals surface area contributed by atoms with E-state index in [1.54, 1.807) is 0 Å². The lowest BCUT2D eigenvalue weighted by atomic mass is 9.88. The number of rotatable bonds is 2. The number of nitrogens with zero attached hydrogens (tertiary/aromatic N) is 2. The minimum Gasteiger partial charge on any atom is -0.339 e. The lowest BCUT2D eigenvalue weighted by Crippen LogP contribution is -2.54. The van der Waals surface area contributed by atoms with Gasteiger partial charge in [0.2, 0.25) is 11.8 Å². The molecular formula is C14H25N3O2. The first-order chi connectivity index (χ1) is 8.94. The lowest BCUT2D eigenvalue weighted by molar-refractivity contribution is -0.146. The van der Waals surface area contributed by atoms with Crippen molar-refractivity contribution in [2.75, 3.05) is 39.3 Å². The van der Waals surface area contributed by atoms with Gasteiger partial charge in [-0.3, -0.25) is 9.59 Å². The number of piperazine rings is 1. The number of hydrogen-bond donors (Lipinski definition) is 1. The minimum atomic E-state index is -0.246.